The Labute approximate surface area is 160 Å². The first kappa shape index (κ1) is 19.4. The molecule has 1 amide bonds. The highest BCUT2D eigenvalue weighted by Gasteiger charge is 2.23. The lowest BCUT2D eigenvalue weighted by Gasteiger charge is -2.17. The van der Waals surface area contributed by atoms with E-state index in [-0.39, 0.29) is 5.75 Å². The van der Waals surface area contributed by atoms with E-state index in [1.807, 2.05) is 0 Å². The average Bonchev–Trinajstić information content (AvgIpc) is 3.08. The molecule has 1 aliphatic rings. The van der Waals surface area contributed by atoms with Crippen LogP contribution in [0.1, 0.15) is 47.8 Å². The number of benzene rings is 2. The van der Waals surface area contributed by atoms with Crippen molar-refractivity contribution in [1.82, 2.24) is 5.32 Å². The Hall–Kier alpha value is -2.37. The van der Waals surface area contributed by atoms with Gasteiger partial charge in [-0.1, -0.05) is 32.0 Å². The van der Waals surface area contributed by atoms with E-state index < -0.39 is 6.10 Å². The molecule has 0 saturated carbocycles. The van der Waals surface area contributed by atoms with Gasteiger partial charge in [0.15, 0.2) is 0 Å². The molecule has 1 unspecified atom stereocenters. The van der Waals surface area contributed by atoms with Crippen molar-refractivity contribution in [2.45, 2.75) is 51.7 Å². The number of aromatic hydroxyl groups is 1. The maximum atomic E-state index is 10.6. The van der Waals surface area contributed by atoms with Gasteiger partial charge in [0, 0.05) is 12.6 Å². The highest BCUT2D eigenvalue weighted by atomic mass is 16.3. The van der Waals surface area contributed by atoms with Crippen LogP contribution in [0.15, 0.2) is 30.3 Å². The van der Waals surface area contributed by atoms with Gasteiger partial charge in [-0.2, -0.15) is 0 Å². The molecule has 3 rings (SSSR count). The van der Waals surface area contributed by atoms with Gasteiger partial charge in [0.1, 0.15) is 5.75 Å². The highest BCUT2D eigenvalue weighted by Crippen LogP contribution is 2.29. The van der Waals surface area contributed by atoms with Crippen molar-refractivity contribution in [3.8, 4) is 5.75 Å². The summed E-state index contributed by atoms with van der Waals surface area (Å²) in [4.78, 5) is 10.6. The maximum Gasteiger partial charge on any atom is 0.211 e. The number of fused-ring (bicyclic) bond motifs is 1. The molecule has 0 aromatic heterocycles. The number of rotatable bonds is 8. The smallest absolute Gasteiger partial charge is 0.211 e. The van der Waals surface area contributed by atoms with Crippen LogP contribution in [0.2, 0.25) is 0 Å². The number of anilines is 1. The van der Waals surface area contributed by atoms with Crippen molar-refractivity contribution < 1.29 is 15.0 Å². The van der Waals surface area contributed by atoms with Crippen LogP contribution < -0.4 is 10.6 Å². The van der Waals surface area contributed by atoms with E-state index in [1.54, 1.807) is 12.1 Å². The third kappa shape index (κ3) is 4.31. The van der Waals surface area contributed by atoms with Crippen LogP contribution in [0, 0.1) is 0 Å². The number of nitrogens with one attached hydrogen (secondary N) is 2. The van der Waals surface area contributed by atoms with Gasteiger partial charge in [-0.05, 0) is 65.6 Å². The second-order valence-corrected chi connectivity index (χ2v) is 7.16. The summed E-state index contributed by atoms with van der Waals surface area (Å²) in [7, 11) is 0. The van der Waals surface area contributed by atoms with Crippen LogP contribution in [0.5, 0.6) is 5.75 Å². The molecule has 4 N–H and O–H groups in total. The van der Waals surface area contributed by atoms with Crippen LogP contribution in [-0.2, 0) is 30.5 Å². The van der Waals surface area contributed by atoms with Gasteiger partial charge in [-0.15, -0.1) is 0 Å². The lowest BCUT2D eigenvalue weighted by atomic mass is 9.97. The van der Waals surface area contributed by atoms with Crippen LogP contribution >= 0.6 is 0 Å². The Balaban J connectivity index is 1.62. The number of aliphatic hydroxyl groups is 1. The van der Waals surface area contributed by atoms with E-state index in [0.29, 0.717) is 30.2 Å². The number of hydrogen-bond donors (Lipinski definition) is 4. The van der Waals surface area contributed by atoms with Crippen LogP contribution in [0.25, 0.3) is 0 Å². The molecule has 1 aliphatic carbocycles. The highest BCUT2D eigenvalue weighted by molar-refractivity contribution is 5.75. The van der Waals surface area contributed by atoms with Crippen molar-refractivity contribution in [2.24, 2.45) is 0 Å². The Morgan fingerprint density at radius 1 is 1.11 bits per heavy atom. The van der Waals surface area contributed by atoms with Crippen molar-refractivity contribution in [3.05, 3.63) is 58.1 Å². The van der Waals surface area contributed by atoms with Crippen molar-refractivity contribution in [2.75, 3.05) is 11.9 Å². The summed E-state index contributed by atoms with van der Waals surface area (Å²) in [6.45, 7) is 4.83. The summed E-state index contributed by atoms with van der Waals surface area (Å²) in [5.74, 6) is -0.0179. The average molecular weight is 368 g/mol. The normalized spacial score (nSPS) is 14.8. The Morgan fingerprint density at radius 2 is 1.74 bits per heavy atom. The molecule has 5 nitrogen and oxygen atoms in total. The zero-order chi connectivity index (χ0) is 19.4. The second kappa shape index (κ2) is 8.55. The molecule has 0 heterocycles. The number of aliphatic hydroxyl groups excluding tert-OH is 1. The molecule has 0 saturated heterocycles. The molecule has 0 aliphatic heterocycles. The molecule has 1 atom stereocenters. The summed E-state index contributed by atoms with van der Waals surface area (Å²) in [6.07, 6.45) is 3.88. The number of amides is 1. The van der Waals surface area contributed by atoms with E-state index in [2.05, 4.69) is 36.6 Å². The minimum atomic E-state index is -0.709. The Kier molecular flexibility index (Phi) is 6.14. The van der Waals surface area contributed by atoms with Crippen molar-refractivity contribution in [3.63, 3.8) is 0 Å². The number of phenols is 1. The minimum absolute atomic E-state index is 0.0179. The number of hydrogen-bond acceptors (Lipinski definition) is 4. The quantitative estimate of drug-likeness (QED) is 0.427. The molecule has 2 aromatic rings. The minimum Gasteiger partial charge on any atom is -0.506 e. The monoisotopic (exact) mass is 368 g/mol. The fraction of sp³-hybridized carbons (Fsp3) is 0.409. The van der Waals surface area contributed by atoms with Gasteiger partial charge in [0.2, 0.25) is 6.41 Å². The molecule has 0 bridgehead atoms. The lowest BCUT2D eigenvalue weighted by molar-refractivity contribution is -0.105. The van der Waals surface area contributed by atoms with Gasteiger partial charge in [-0.3, -0.25) is 4.79 Å². The zero-order valence-corrected chi connectivity index (χ0v) is 16.0. The third-order valence-corrected chi connectivity index (χ3v) is 5.44. The predicted molar refractivity (Wildman–Crippen MR) is 107 cm³/mol. The number of carbonyl (C=O) groups excluding carboxylic acids is 1. The molecular formula is C22H28N2O3. The van der Waals surface area contributed by atoms with Gasteiger partial charge in [-0.25, -0.2) is 0 Å². The van der Waals surface area contributed by atoms with Gasteiger partial charge >= 0.3 is 0 Å². The summed E-state index contributed by atoms with van der Waals surface area (Å²) >= 11 is 0. The molecule has 0 spiro atoms. The van der Waals surface area contributed by atoms with Crippen LogP contribution in [-0.4, -0.2) is 29.2 Å². The Bertz CT molecular complexity index is 786. The van der Waals surface area contributed by atoms with Gasteiger partial charge < -0.3 is 20.8 Å². The first-order chi connectivity index (χ1) is 13.0. The van der Waals surface area contributed by atoms with E-state index in [4.69, 9.17) is 0 Å². The van der Waals surface area contributed by atoms with E-state index >= 15 is 0 Å². The van der Waals surface area contributed by atoms with E-state index in [0.717, 1.165) is 25.7 Å². The largest absolute Gasteiger partial charge is 0.506 e. The maximum absolute atomic E-state index is 10.6. The fourth-order valence-corrected chi connectivity index (χ4v) is 3.91. The summed E-state index contributed by atoms with van der Waals surface area (Å²) in [5, 5.41) is 26.1. The SMILES string of the molecule is CCc1cc2c(cc1CC)CC(NCC(O)c1ccc(O)c(NC=O)c1)C2. The molecular weight excluding hydrogens is 340 g/mol. The molecule has 0 fully saturated rings. The molecule has 5 heteroatoms. The third-order valence-electron chi connectivity index (χ3n) is 5.44. The molecule has 2 aromatic carbocycles. The van der Waals surface area contributed by atoms with Crippen LogP contribution in [0.3, 0.4) is 0 Å². The number of carbonyl (C=O) groups is 1. The van der Waals surface area contributed by atoms with Crippen molar-refractivity contribution >= 4 is 12.1 Å². The lowest BCUT2D eigenvalue weighted by Crippen LogP contribution is -2.33. The first-order valence-electron chi connectivity index (χ1n) is 9.63. The molecule has 27 heavy (non-hydrogen) atoms. The van der Waals surface area contributed by atoms with Gasteiger partial charge in [0.05, 0.1) is 11.8 Å². The van der Waals surface area contributed by atoms with Crippen molar-refractivity contribution in [1.29, 1.82) is 0 Å². The summed E-state index contributed by atoms with van der Waals surface area (Å²) in [5.41, 5.74) is 6.67. The van der Waals surface area contributed by atoms with E-state index in [1.165, 1.54) is 28.3 Å². The second-order valence-electron chi connectivity index (χ2n) is 7.16. The predicted octanol–water partition coefficient (Wildman–Crippen LogP) is 2.88. The molecule has 0 radical (unpaired) electrons. The zero-order valence-electron chi connectivity index (χ0n) is 16.0. The van der Waals surface area contributed by atoms with Gasteiger partial charge in [0.25, 0.3) is 0 Å². The summed E-state index contributed by atoms with van der Waals surface area (Å²) < 4.78 is 0. The standard InChI is InChI=1S/C22H28N2O3/c1-3-14-7-17-9-19(10-18(17)8-15(14)4-2)23-12-22(27)16-5-6-21(26)20(11-16)24-13-25/h5-8,11,13,19,22-23,26-27H,3-4,9-10,12H2,1-2H3,(H,24,25). The number of phenolic OH excluding ortho intramolecular Hbond substituents is 1. The van der Waals surface area contributed by atoms with E-state index in [9.17, 15) is 15.0 Å². The fourth-order valence-electron chi connectivity index (χ4n) is 3.91. The summed E-state index contributed by atoms with van der Waals surface area (Å²) in [6, 6.07) is 9.76. The number of aryl methyl sites for hydroxylation is 2. The first-order valence-corrected chi connectivity index (χ1v) is 9.63. The van der Waals surface area contributed by atoms with Crippen LogP contribution in [0.4, 0.5) is 5.69 Å². The topological polar surface area (TPSA) is 81.6 Å². The molecule has 144 valence electrons. The Morgan fingerprint density at radius 3 is 2.30 bits per heavy atom.